The number of benzene rings is 2. The first kappa shape index (κ1) is 16.8. The lowest BCUT2D eigenvalue weighted by molar-refractivity contribution is -0.0921. The molecule has 2 aromatic carbocycles. The first-order chi connectivity index (χ1) is 12.3. The van der Waals surface area contributed by atoms with Crippen LogP contribution in [0.2, 0.25) is 0 Å². The van der Waals surface area contributed by atoms with Crippen LogP contribution in [0.5, 0.6) is 11.5 Å². The molecule has 26 heavy (non-hydrogen) atoms. The molecule has 4 rings (SSSR count). The monoisotopic (exact) mass is 354 g/mol. The molecule has 0 bridgehead atoms. The van der Waals surface area contributed by atoms with Gasteiger partial charge in [0.05, 0.1) is 16.7 Å². The van der Waals surface area contributed by atoms with E-state index in [1.54, 1.807) is 19.1 Å². The first-order valence-electron chi connectivity index (χ1n) is 8.51. The lowest BCUT2D eigenvalue weighted by Crippen LogP contribution is -2.40. The summed E-state index contributed by atoms with van der Waals surface area (Å²) in [6, 6.07) is 6.21. The van der Waals surface area contributed by atoms with Crippen LogP contribution in [0.25, 0.3) is 0 Å². The van der Waals surface area contributed by atoms with Crippen molar-refractivity contribution in [3.8, 4) is 11.5 Å². The van der Waals surface area contributed by atoms with Crippen LogP contribution in [-0.2, 0) is 6.42 Å². The van der Waals surface area contributed by atoms with Gasteiger partial charge in [0.25, 0.3) is 0 Å². The van der Waals surface area contributed by atoms with Gasteiger partial charge in [0, 0.05) is 22.3 Å². The number of hydrogen-bond acceptors (Lipinski definition) is 6. The molecule has 6 nitrogen and oxygen atoms in total. The number of rotatable bonds is 1. The number of phenols is 2. The Morgan fingerprint density at radius 3 is 2.12 bits per heavy atom. The minimum atomic E-state index is -1.47. The van der Waals surface area contributed by atoms with E-state index in [2.05, 4.69) is 0 Å². The molecule has 6 heteroatoms. The smallest absolute Gasteiger partial charge is 0.198 e. The molecule has 2 aliphatic rings. The van der Waals surface area contributed by atoms with Crippen molar-refractivity contribution in [1.82, 2.24) is 0 Å². The van der Waals surface area contributed by atoms with Gasteiger partial charge in [-0.25, -0.2) is 0 Å². The average Bonchev–Trinajstić information content (AvgIpc) is 2.65. The third kappa shape index (κ3) is 1.94. The van der Waals surface area contributed by atoms with Crippen molar-refractivity contribution < 1.29 is 30.0 Å². The lowest BCUT2D eigenvalue weighted by Gasteiger charge is -2.39. The number of aliphatic hydroxyl groups excluding tert-OH is 1. The Kier molecular flexibility index (Phi) is 3.48. The molecule has 2 aliphatic carbocycles. The second kappa shape index (κ2) is 5.40. The average molecular weight is 354 g/mol. The quantitative estimate of drug-likeness (QED) is 0.497. The number of hydrogen-bond donors (Lipinski definition) is 4. The van der Waals surface area contributed by atoms with E-state index in [1.165, 1.54) is 12.1 Å². The van der Waals surface area contributed by atoms with Gasteiger partial charge >= 0.3 is 0 Å². The lowest BCUT2D eigenvalue weighted by atomic mass is 9.72. The minimum absolute atomic E-state index is 0.0719. The Bertz CT molecular complexity index is 977. The van der Waals surface area contributed by atoms with Gasteiger partial charge < -0.3 is 20.4 Å². The molecular formula is C20H18O6. The molecule has 2 aromatic rings. The van der Waals surface area contributed by atoms with E-state index in [1.807, 2.05) is 0 Å². The third-order valence-electron chi connectivity index (χ3n) is 5.66. The fourth-order valence-electron chi connectivity index (χ4n) is 4.05. The fraction of sp³-hybridized carbons (Fsp3) is 0.300. The van der Waals surface area contributed by atoms with Crippen LogP contribution in [0.3, 0.4) is 0 Å². The van der Waals surface area contributed by atoms with Gasteiger partial charge in [-0.15, -0.1) is 0 Å². The fourth-order valence-corrected chi connectivity index (χ4v) is 4.05. The van der Waals surface area contributed by atoms with Crippen molar-refractivity contribution in [2.45, 2.75) is 37.9 Å². The summed E-state index contributed by atoms with van der Waals surface area (Å²) in [7, 11) is 0. The van der Waals surface area contributed by atoms with Crippen LogP contribution in [-0.4, -0.2) is 37.6 Å². The Morgan fingerprint density at radius 2 is 1.58 bits per heavy atom. The molecule has 0 saturated carbocycles. The van der Waals surface area contributed by atoms with Crippen LogP contribution < -0.4 is 0 Å². The van der Waals surface area contributed by atoms with E-state index in [4.69, 9.17) is 0 Å². The van der Waals surface area contributed by atoms with Gasteiger partial charge in [-0.3, -0.25) is 9.59 Å². The number of carbonyl (C=O) groups excluding carboxylic acids is 2. The largest absolute Gasteiger partial charge is 0.507 e. The molecule has 134 valence electrons. The maximum Gasteiger partial charge on any atom is 0.198 e. The summed E-state index contributed by atoms with van der Waals surface area (Å²) in [5, 5.41) is 42.7. The molecular weight excluding hydrogens is 336 g/mol. The number of aromatic hydroxyl groups is 2. The predicted octanol–water partition coefficient (Wildman–Crippen LogP) is 1.99. The van der Waals surface area contributed by atoms with Gasteiger partial charge in [0.2, 0.25) is 0 Å². The highest BCUT2D eigenvalue weighted by molar-refractivity contribution is 6.30. The van der Waals surface area contributed by atoms with Crippen molar-refractivity contribution in [2.24, 2.45) is 0 Å². The number of phenolic OH excluding ortho intramolecular Hbond substituents is 2. The zero-order valence-electron chi connectivity index (χ0n) is 14.1. The van der Waals surface area contributed by atoms with Crippen LogP contribution in [0.15, 0.2) is 24.3 Å². The number of fused-ring (bicyclic) bond motifs is 3. The van der Waals surface area contributed by atoms with Crippen molar-refractivity contribution in [2.75, 3.05) is 0 Å². The van der Waals surface area contributed by atoms with Crippen LogP contribution in [0.4, 0.5) is 0 Å². The second-order valence-electron chi connectivity index (χ2n) is 6.90. The normalized spacial score (nSPS) is 24.0. The zero-order valence-corrected chi connectivity index (χ0v) is 14.1. The first-order valence-corrected chi connectivity index (χ1v) is 8.51. The molecule has 0 heterocycles. The summed E-state index contributed by atoms with van der Waals surface area (Å²) >= 11 is 0. The van der Waals surface area contributed by atoms with Gasteiger partial charge in [-0.2, -0.15) is 0 Å². The van der Waals surface area contributed by atoms with E-state index in [0.717, 1.165) is 0 Å². The molecule has 0 amide bonds. The molecule has 0 radical (unpaired) electrons. The third-order valence-corrected chi connectivity index (χ3v) is 5.66. The topological polar surface area (TPSA) is 115 Å². The highest BCUT2D eigenvalue weighted by atomic mass is 16.3. The molecule has 0 unspecified atom stereocenters. The molecule has 0 aliphatic heterocycles. The van der Waals surface area contributed by atoms with Crippen molar-refractivity contribution in [1.29, 1.82) is 0 Å². The van der Waals surface area contributed by atoms with Gasteiger partial charge in [-0.05, 0) is 19.3 Å². The second-order valence-corrected chi connectivity index (χ2v) is 6.90. The molecule has 0 saturated heterocycles. The Hall–Kier alpha value is -2.70. The van der Waals surface area contributed by atoms with Gasteiger partial charge in [0.1, 0.15) is 17.6 Å². The van der Waals surface area contributed by atoms with Crippen molar-refractivity contribution >= 4 is 11.6 Å². The SMILES string of the molecule is CC[C@@]1(O)CCc2c(O)c3c(c(O)c2[C@@H]1O)C(=O)c1ccccc1C3=O. The number of carbonyl (C=O) groups is 2. The van der Waals surface area contributed by atoms with Crippen LogP contribution in [0.1, 0.15) is 68.8 Å². The molecule has 0 fully saturated rings. The summed E-state index contributed by atoms with van der Waals surface area (Å²) in [5.41, 5.74) is -1.59. The van der Waals surface area contributed by atoms with Crippen molar-refractivity contribution in [3.63, 3.8) is 0 Å². The summed E-state index contributed by atoms with van der Waals surface area (Å²) in [6.07, 6.45) is -0.887. The van der Waals surface area contributed by atoms with E-state index in [-0.39, 0.29) is 52.6 Å². The molecule has 2 atom stereocenters. The zero-order chi connectivity index (χ0) is 18.8. The van der Waals surface area contributed by atoms with Crippen molar-refractivity contribution in [3.05, 3.63) is 57.6 Å². The summed E-state index contributed by atoms with van der Waals surface area (Å²) in [6.45, 7) is 1.70. The van der Waals surface area contributed by atoms with E-state index < -0.39 is 34.8 Å². The summed E-state index contributed by atoms with van der Waals surface area (Å²) in [5.74, 6) is -2.09. The predicted molar refractivity (Wildman–Crippen MR) is 91.6 cm³/mol. The summed E-state index contributed by atoms with van der Waals surface area (Å²) < 4.78 is 0. The van der Waals surface area contributed by atoms with Gasteiger partial charge in [0.15, 0.2) is 11.6 Å². The Morgan fingerprint density at radius 1 is 1.04 bits per heavy atom. The standard InChI is InChI=1S/C20H18O6/c1-2-20(26)8-7-11-12(19(20)25)18(24)14-13(17(11)23)15(21)9-5-3-4-6-10(9)16(14)22/h3-6,19,23-26H,2,7-8H2,1H3/t19-,20+/m0/s1. The van der Waals surface area contributed by atoms with E-state index >= 15 is 0 Å². The van der Waals surface area contributed by atoms with Crippen LogP contribution >= 0.6 is 0 Å². The minimum Gasteiger partial charge on any atom is -0.507 e. The molecule has 4 N–H and O–H groups in total. The summed E-state index contributed by atoms with van der Waals surface area (Å²) in [4.78, 5) is 25.7. The maximum absolute atomic E-state index is 12.9. The highest BCUT2D eigenvalue weighted by Crippen LogP contribution is 2.51. The highest BCUT2D eigenvalue weighted by Gasteiger charge is 2.46. The Labute approximate surface area is 149 Å². The van der Waals surface area contributed by atoms with E-state index in [0.29, 0.717) is 0 Å². The Balaban J connectivity index is 2.04. The number of aliphatic hydroxyl groups is 2. The molecule has 0 spiro atoms. The van der Waals surface area contributed by atoms with Gasteiger partial charge in [-0.1, -0.05) is 31.2 Å². The molecule has 0 aromatic heterocycles. The number of ketones is 2. The van der Waals surface area contributed by atoms with E-state index in [9.17, 15) is 30.0 Å². The maximum atomic E-state index is 12.9. The van der Waals surface area contributed by atoms with Crippen LogP contribution in [0, 0.1) is 0 Å².